The van der Waals surface area contributed by atoms with E-state index in [0.29, 0.717) is 12.2 Å². The molecule has 1 aromatic carbocycles. The van der Waals surface area contributed by atoms with Gasteiger partial charge in [0, 0.05) is 0 Å². The fourth-order valence-corrected chi connectivity index (χ4v) is 2.27. The zero-order valence-corrected chi connectivity index (χ0v) is 11.2. The molecule has 1 amide bonds. The van der Waals surface area contributed by atoms with E-state index in [4.69, 9.17) is 9.84 Å². The van der Waals surface area contributed by atoms with Crippen LogP contribution in [-0.4, -0.2) is 24.1 Å². The number of hydrogen-bond acceptors (Lipinski definition) is 3. The SMILES string of the molecule is COc1cccc(F)c1[C@H](C)NC(=O)[C@H]1C[C@H]1C(=O)O. The number of carbonyl (C=O) groups is 2. The van der Waals surface area contributed by atoms with E-state index in [9.17, 15) is 14.0 Å². The summed E-state index contributed by atoms with van der Waals surface area (Å²) in [5, 5.41) is 11.4. The zero-order valence-electron chi connectivity index (χ0n) is 11.2. The number of methoxy groups -OCH3 is 1. The highest BCUT2D eigenvalue weighted by Crippen LogP contribution is 2.39. The van der Waals surface area contributed by atoms with Crippen molar-refractivity contribution < 1.29 is 23.8 Å². The molecule has 1 aliphatic carbocycles. The highest BCUT2D eigenvalue weighted by molar-refractivity contribution is 5.89. The van der Waals surface area contributed by atoms with Crippen molar-refractivity contribution in [2.24, 2.45) is 11.8 Å². The number of benzene rings is 1. The van der Waals surface area contributed by atoms with Crippen LogP contribution in [0, 0.1) is 17.7 Å². The molecule has 0 aliphatic heterocycles. The van der Waals surface area contributed by atoms with Crippen LogP contribution in [0.2, 0.25) is 0 Å². The summed E-state index contributed by atoms with van der Waals surface area (Å²) in [7, 11) is 1.42. The quantitative estimate of drug-likeness (QED) is 0.862. The van der Waals surface area contributed by atoms with Gasteiger partial charge in [0.1, 0.15) is 11.6 Å². The van der Waals surface area contributed by atoms with E-state index in [1.54, 1.807) is 13.0 Å². The minimum atomic E-state index is -0.971. The molecule has 20 heavy (non-hydrogen) atoms. The summed E-state index contributed by atoms with van der Waals surface area (Å²) in [5.41, 5.74) is 0.260. The Morgan fingerprint density at radius 1 is 1.45 bits per heavy atom. The molecule has 1 aromatic rings. The van der Waals surface area contributed by atoms with Gasteiger partial charge in [-0.05, 0) is 25.5 Å². The molecule has 0 spiro atoms. The van der Waals surface area contributed by atoms with Crippen molar-refractivity contribution in [1.29, 1.82) is 0 Å². The Hall–Kier alpha value is -2.11. The molecule has 0 radical (unpaired) electrons. The van der Waals surface area contributed by atoms with Gasteiger partial charge in [0.15, 0.2) is 0 Å². The monoisotopic (exact) mass is 281 g/mol. The lowest BCUT2D eigenvalue weighted by Crippen LogP contribution is -2.30. The van der Waals surface area contributed by atoms with E-state index >= 15 is 0 Å². The lowest BCUT2D eigenvalue weighted by atomic mass is 10.1. The van der Waals surface area contributed by atoms with Gasteiger partial charge in [-0.15, -0.1) is 0 Å². The maximum atomic E-state index is 13.8. The molecule has 1 aliphatic rings. The number of halogens is 1. The average Bonchev–Trinajstić information content (AvgIpc) is 3.18. The Bertz CT molecular complexity index is 546. The van der Waals surface area contributed by atoms with Gasteiger partial charge < -0.3 is 15.2 Å². The largest absolute Gasteiger partial charge is 0.496 e. The first-order chi connectivity index (χ1) is 9.45. The smallest absolute Gasteiger partial charge is 0.307 e. The number of carboxylic acids is 1. The Balaban J connectivity index is 2.08. The van der Waals surface area contributed by atoms with Crippen LogP contribution in [0.4, 0.5) is 4.39 Å². The van der Waals surface area contributed by atoms with Gasteiger partial charge in [-0.2, -0.15) is 0 Å². The molecule has 3 atom stereocenters. The van der Waals surface area contributed by atoms with Gasteiger partial charge in [-0.1, -0.05) is 6.07 Å². The highest BCUT2D eigenvalue weighted by atomic mass is 19.1. The number of carbonyl (C=O) groups excluding carboxylic acids is 1. The molecule has 6 heteroatoms. The summed E-state index contributed by atoms with van der Waals surface area (Å²) < 4.78 is 18.9. The van der Waals surface area contributed by atoms with Crippen LogP contribution in [0.1, 0.15) is 24.9 Å². The molecule has 0 saturated heterocycles. The fraction of sp³-hybridized carbons (Fsp3) is 0.429. The van der Waals surface area contributed by atoms with Crippen LogP contribution < -0.4 is 10.1 Å². The number of hydrogen-bond donors (Lipinski definition) is 2. The second kappa shape index (κ2) is 5.48. The lowest BCUT2D eigenvalue weighted by molar-refractivity contribution is -0.140. The number of nitrogens with one attached hydrogen (secondary N) is 1. The Morgan fingerprint density at radius 3 is 2.70 bits per heavy atom. The molecular weight excluding hydrogens is 265 g/mol. The van der Waals surface area contributed by atoms with Crippen molar-refractivity contribution >= 4 is 11.9 Å². The summed E-state index contributed by atoms with van der Waals surface area (Å²) >= 11 is 0. The van der Waals surface area contributed by atoms with Gasteiger partial charge in [-0.25, -0.2) is 4.39 Å². The molecule has 2 N–H and O–H groups in total. The van der Waals surface area contributed by atoms with Crippen LogP contribution in [0.15, 0.2) is 18.2 Å². The topological polar surface area (TPSA) is 75.6 Å². The molecule has 108 valence electrons. The summed E-state index contributed by atoms with van der Waals surface area (Å²) in [6, 6.07) is 3.83. The third-order valence-corrected chi connectivity index (χ3v) is 3.47. The van der Waals surface area contributed by atoms with Crippen molar-refractivity contribution in [3.05, 3.63) is 29.6 Å². The van der Waals surface area contributed by atoms with Crippen molar-refractivity contribution in [1.82, 2.24) is 5.32 Å². The minimum Gasteiger partial charge on any atom is -0.496 e. The van der Waals surface area contributed by atoms with E-state index < -0.39 is 29.7 Å². The van der Waals surface area contributed by atoms with E-state index in [-0.39, 0.29) is 11.5 Å². The first kappa shape index (κ1) is 14.3. The Morgan fingerprint density at radius 2 is 2.15 bits per heavy atom. The van der Waals surface area contributed by atoms with Crippen LogP contribution in [0.25, 0.3) is 0 Å². The molecule has 1 saturated carbocycles. The van der Waals surface area contributed by atoms with Crippen LogP contribution in [0.5, 0.6) is 5.75 Å². The second-order valence-electron chi connectivity index (χ2n) is 4.87. The van der Waals surface area contributed by atoms with Crippen molar-refractivity contribution in [3.63, 3.8) is 0 Å². The van der Waals surface area contributed by atoms with Crippen molar-refractivity contribution in [2.45, 2.75) is 19.4 Å². The van der Waals surface area contributed by atoms with Crippen molar-refractivity contribution in [3.8, 4) is 5.75 Å². The zero-order chi connectivity index (χ0) is 14.9. The van der Waals surface area contributed by atoms with Gasteiger partial charge in [0.05, 0.1) is 30.6 Å². The summed E-state index contributed by atoms with van der Waals surface area (Å²) in [4.78, 5) is 22.6. The van der Waals surface area contributed by atoms with E-state index in [0.717, 1.165) is 0 Å². The molecule has 0 aromatic heterocycles. The molecule has 0 bridgehead atoms. The van der Waals surface area contributed by atoms with Crippen LogP contribution >= 0.6 is 0 Å². The van der Waals surface area contributed by atoms with Crippen molar-refractivity contribution in [2.75, 3.05) is 7.11 Å². The predicted octanol–water partition coefficient (Wildman–Crippen LogP) is 1.73. The molecule has 2 rings (SSSR count). The van der Waals surface area contributed by atoms with Gasteiger partial charge in [0.2, 0.25) is 5.91 Å². The average molecular weight is 281 g/mol. The van der Waals surface area contributed by atoms with Gasteiger partial charge >= 0.3 is 5.97 Å². The van der Waals surface area contributed by atoms with E-state index in [1.807, 2.05) is 0 Å². The third kappa shape index (κ3) is 2.74. The summed E-state index contributed by atoms with van der Waals surface area (Å²) in [6.07, 6.45) is 0.336. The predicted molar refractivity (Wildman–Crippen MR) is 68.7 cm³/mol. The number of carboxylic acid groups (broad SMARTS) is 1. The number of aliphatic carboxylic acids is 1. The maximum absolute atomic E-state index is 13.8. The third-order valence-electron chi connectivity index (χ3n) is 3.47. The number of rotatable bonds is 5. The minimum absolute atomic E-state index is 0.260. The Kier molecular flexibility index (Phi) is 3.92. The summed E-state index contributed by atoms with van der Waals surface area (Å²) in [6.45, 7) is 1.64. The Labute approximate surface area is 115 Å². The number of amides is 1. The normalized spacial score (nSPS) is 21.9. The van der Waals surface area contributed by atoms with E-state index in [1.165, 1.54) is 19.2 Å². The van der Waals surface area contributed by atoms with Gasteiger partial charge in [0.25, 0.3) is 0 Å². The molecule has 1 fully saturated rings. The number of ether oxygens (including phenoxy) is 1. The van der Waals surface area contributed by atoms with Gasteiger partial charge in [-0.3, -0.25) is 9.59 Å². The van der Waals surface area contributed by atoms with E-state index in [2.05, 4.69) is 5.32 Å². The van der Waals surface area contributed by atoms with Crippen LogP contribution in [0.3, 0.4) is 0 Å². The first-order valence-electron chi connectivity index (χ1n) is 6.31. The lowest BCUT2D eigenvalue weighted by Gasteiger charge is -2.18. The first-order valence-corrected chi connectivity index (χ1v) is 6.31. The summed E-state index contributed by atoms with van der Waals surface area (Å²) in [5.74, 6) is -2.60. The molecule has 0 unspecified atom stereocenters. The standard InChI is InChI=1S/C14H16FNO4/c1-7(12-10(15)4-3-5-11(12)20-2)16-13(17)8-6-9(8)14(18)19/h3-5,7-9H,6H2,1-2H3,(H,16,17)(H,18,19)/t7-,8-,9+/m0/s1. The molecule has 5 nitrogen and oxygen atoms in total. The van der Waals surface area contributed by atoms with Crippen LogP contribution in [-0.2, 0) is 9.59 Å². The highest BCUT2D eigenvalue weighted by Gasteiger charge is 2.48. The maximum Gasteiger partial charge on any atom is 0.307 e. The molecular formula is C14H16FNO4. The fourth-order valence-electron chi connectivity index (χ4n) is 2.27. The molecule has 0 heterocycles. The second-order valence-corrected chi connectivity index (χ2v) is 4.87.